The van der Waals surface area contributed by atoms with E-state index in [2.05, 4.69) is 21.9 Å². The average molecular weight is 312 g/mol. The lowest BCUT2D eigenvalue weighted by Crippen LogP contribution is -2.53. The van der Waals surface area contributed by atoms with Crippen molar-refractivity contribution in [2.45, 2.75) is 43.7 Å². The summed E-state index contributed by atoms with van der Waals surface area (Å²) in [4.78, 5) is 9.44. The van der Waals surface area contributed by atoms with Gasteiger partial charge in [-0.25, -0.2) is 13.4 Å². The highest BCUT2D eigenvalue weighted by molar-refractivity contribution is 7.89. The fourth-order valence-electron chi connectivity index (χ4n) is 3.63. The number of aromatic nitrogens is 2. The van der Waals surface area contributed by atoms with Crippen molar-refractivity contribution in [1.29, 1.82) is 0 Å². The predicted molar refractivity (Wildman–Crippen MR) is 80.5 cm³/mol. The third-order valence-electron chi connectivity index (χ3n) is 4.87. The zero-order chi connectivity index (χ0) is 15.0. The largest absolute Gasteiger partial charge is 0.332 e. The van der Waals surface area contributed by atoms with Crippen molar-refractivity contribution in [3.8, 4) is 0 Å². The van der Waals surface area contributed by atoms with Crippen molar-refractivity contribution in [3.63, 3.8) is 0 Å². The zero-order valence-electron chi connectivity index (χ0n) is 12.7. The first-order chi connectivity index (χ1) is 10.0. The van der Waals surface area contributed by atoms with Gasteiger partial charge in [0.2, 0.25) is 0 Å². The first-order valence-electron chi connectivity index (χ1n) is 7.76. The number of hydrogen-bond donors (Lipinski definition) is 1. The normalized spacial score (nSPS) is 28.5. The molecular formula is C14H24N4O2S. The molecule has 21 heavy (non-hydrogen) atoms. The number of fused-ring (bicyclic) bond motifs is 1. The molecule has 2 unspecified atom stereocenters. The van der Waals surface area contributed by atoms with Gasteiger partial charge in [0.25, 0.3) is 10.0 Å². The molecule has 118 valence electrons. The summed E-state index contributed by atoms with van der Waals surface area (Å²) in [6.45, 7) is 4.33. The van der Waals surface area contributed by atoms with Gasteiger partial charge in [0.1, 0.15) is 5.82 Å². The first kappa shape index (κ1) is 15.0. The van der Waals surface area contributed by atoms with Crippen LogP contribution >= 0.6 is 0 Å². The van der Waals surface area contributed by atoms with Gasteiger partial charge in [-0.3, -0.25) is 0 Å². The summed E-state index contributed by atoms with van der Waals surface area (Å²) >= 11 is 0. The van der Waals surface area contributed by atoms with Crippen molar-refractivity contribution in [2.24, 2.45) is 5.92 Å². The maximum Gasteiger partial charge on any atom is 0.260 e. The standard InChI is InChI=1S/C14H24N4O2S/c1-3-13-15-9-14(16-13)21(19,20)18-8-6-12-11(10-18)5-4-7-17(12)2/h9,11-12H,3-8,10H2,1-2H3,(H,15,16). The lowest BCUT2D eigenvalue weighted by molar-refractivity contribution is 0.0670. The van der Waals surface area contributed by atoms with E-state index in [9.17, 15) is 8.42 Å². The van der Waals surface area contributed by atoms with E-state index in [4.69, 9.17) is 0 Å². The van der Waals surface area contributed by atoms with E-state index >= 15 is 0 Å². The van der Waals surface area contributed by atoms with Gasteiger partial charge in [-0.1, -0.05) is 6.92 Å². The number of aromatic amines is 1. The molecule has 1 N–H and O–H groups in total. The Hall–Kier alpha value is -0.920. The molecule has 1 aromatic rings. The van der Waals surface area contributed by atoms with Crippen LogP contribution in [0.5, 0.6) is 0 Å². The summed E-state index contributed by atoms with van der Waals surface area (Å²) in [6.07, 6.45) is 5.38. The van der Waals surface area contributed by atoms with Crippen LogP contribution in [0.25, 0.3) is 0 Å². The van der Waals surface area contributed by atoms with E-state index in [1.165, 1.54) is 6.20 Å². The summed E-state index contributed by atoms with van der Waals surface area (Å²) in [5.41, 5.74) is 0. The van der Waals surface area contributed by atoms with Gasteiger partial charge in [0.15, 0.2) is 5.03 Å². The summed E-state index contributed by atoms with van der Waals surface area (Å²) in [5, 5.41) is 0.238. The molecule has 7 heteroatoms. The Morgan fingerprint density at radius 3 is 2.90 bits per heavy atom. The third-order valence-corrected chi connectivity index (χ3v) is 6.64. The second-order valence-corrected chi connectivity index (χ2v) is 8.06. The summed E-state index contributed by atoms with van der Waals surface area (Å²) in [5.74, 6) is 1.18. The highest BCUT2D eigenvalue weighted by Crippen LogP contribution is 2.31. The van der Waals surface area contributed by atoms with Crippen LogP contribution in [0.3, 0.4) is 0 Å². The monoisotopic (exact) mass is 312 g/mol. The molecular weight excluding hydrogens is 288 g/mol. The molecule has 6 nitrogen and oxygen atoms in total. The van der Waals surface area contributed by atoms with E-state index in [0.717, 1.165) is 31.6 Å². The number of nitrogens with one attached hydrogen (secondary N) is 1. The second-order valence-electron chi connectivity index (χ2n) is 6.15. The van der Waals surface area contributed by atoms with Gasteiger partial charge in [0, 0.05) is 25.6 Å². The maximum absolute atomic E-state index is 12.7. The van der Waals surface area contributed by atoms with Gasteiger partial charge in [-0.15, -0.1) is 0 Å². The molecule has 1 aromatic heterocycles. The van der Waals surface area contributed by atoms with Crippen LogP contribution < -0.4 is 0 Å². The minimum Gasteiger partial charge on any atom is -0.332 e. The Bertz CT molecular complexity index is 598. The van der Waals surface area contributed by atoms with Crippen molar-refractivity contribution < 1.29 is 8.42 Å². The Morgan fingerprint density at radius 2 is 2.19 bits per heavy atom. The molecule has 0 radical (unpaired) electrons. The quantitative estimate of drug-likeness (QED) is 0.907. The van der Waals surface area contributed by atoms with Crippen molar-refractivity contribution >= 4 is 10.0 Å². The van der Waals surface area contributed by atoms with Crippen molar-refractivity contribution in [3.05, 3.63) is 12.0 Å². The van der Waals surface area contributed by atoms with E-state index in [1.54, 1.807) is 4.31 Å². The Morgan fingerprint density at radius 1 is 1.38 bits per heavy atom. The van der Waals surface area contributed by atoms with Crippen LogP contribution in [0, 0.1) is 5.92 Å². The zero-order valence-corrected chi connectivity index (χ0v) is 13.6. The van der Waals surface area contributed by atoms with Crippen LogP contribution in [0.2, 0.25) is 0 Å². The summed E-state index contributed by atoms with van der Waals surface area (Å²) in [6, 6.07) is 0.540. The average Bonchev–Trinajstić information content (AvgIpc) is 2.97. The smallest absolute Gasteiger partial charge is 0.260 e. The fraction of sp³-hybridized carbons (Fsp3) is 0.786. The molecule has 0 aliphatic carbocycles. The molecule has 3 rings (SSSR count). The number of imidazole rings is 1. The Kier molecular flexibility index (Phi) is 4.07. The minimum atomic E-state index is -3.42. The van der Waals surface area contributed by atoms with Crippen LogP contribution in [0.4, 0.5) is 0 Å². The fourth-order valence-corrected chi connectivity index (χ4v) is 5.07. The van der Waals surface area contributed by atoms with Gasteiger partial charge in [-0.05, 0) is 38.8 Å². The number of sulfonamides is 1. The van der Waals surface area contributed by atoms with E-state index in [1.807, 2.05) is 6.92 Å². The molecule has 3 heterocycles. The van der Waals surface area contributed by atoms with E-state index in [0.29, 0.717) is 31.5 Å². The van der Waals surface area contributed by atoms with Gasteiger partial charge < -0.3 is 9.88 Å². The number of nitrogens with zero attached hydrogens (tertiary/aromatic N) is 3. The highest BCUT2D eigenvalue weighted by atomic mass is 32.2. The topological polar surface area (TPSA) is 69.3 Å². The van der Waals surface area contributed by atoms with Crippen LogP contribution in [-0.4, -0.2) is 60.3 Å². The molecule has 2 atom stereocenters. The molecule has 2 saturated heterocycles. The predicted octanol–water partition coefficient (Wildman–Crippen LogP) is 1.08. The van der Waals surface area contributed by atoms with Crippen molar-refractivity contribution in [1.82, 2.24) is 19.2 Å². The molecule has 0 amide bonds. The summed E-state index contributed by atoms with van der Waals surface area (Å²) in [7, 11) is -1.27. The second kappa shape index (κ2) is 5.70. The number of hydrogen-bond acceptors (Lipinski definition) is 4. The van der Waals surface area contributed by atoms with E-state index < -0.39 is 10.0 Å². The summed E-state index contributed by atoms with van der Waals surface area (Å²) < 4.78 is 27.1. The first-order valence-corrected chi connectivity index (χ1v) is 9.20. The maximum atomic E-state index is 12.7. The minimum absolute atomic E-state index is 0.238. The Balaban J connectivity index is 1.78. The number of H-pyrrole nitrogens is 1. The molecule has 0 spiro atoms. The Labute approximate surface area is 126 Å². The molecule has 0 aromatic carbocycles. The van der Waals surface area contributed by atoms with Gasteiger partial charge in [0.05, 0.1) is 6.20 Å². The SMILES string of the molecule is CCc1ncc(S(=O)(=O)N2CCC3C(CCCN3C)C2)[nH]1. The number of rotatable bonds is 3. The molecule has 2 aliphatic rings. The highest BCUT2D eigenvalue weighted by Gasteiger charge is 2.39. The lowest BCUT2D eigenvalue weighted by Gasteiger charge is -2.45. The van der Waals surface area contributed by atoms with E-state index in [-0.39, 0.29) is 5.03 Å². The van der Waals surface area contributed by atoms with Crippen LogP contribution in [0.1, 0.15) is 32.0 Å². The van der Waals surface area contributed by atoms with Crippen LogP contribution in [0.15, 0.2) is 11.2 Å². The molecule has 2 fully saturated rings. The third kappa shape index (κ3) is 2.74. The molecule has 0 bridgehead atoms. The number of likely N-dealkylation sites (tertiary alicyclic amines) is 1. The molecule has 2 aliphatic heterocycles. The molecule has 0 saturated carbocycles. The van der Waals surface area contributed by atoms with Gasteiger partial charge >= 0.3 is 0 Å². The number of aryl methyl sites for hydroxylation is 1. The lowest BCUT2D eigenvalue weighted by atomic mass is 9.85. The van der Waals surface area contributed by atoms with Crippen LogP contribution in [-0.2, 0) is 16.4 Å². The van der Waals surface area contributed by atoms with Crippen molar-refractivity contribution in [2.75, 3.05) is 26.7 Å². The van der Waals surface area contributed by atoms with Gasteiger partial charge in [-0.2, -0.15) is 4.31 Å². The number of piperidine rings is 2.